The maximum atomic E-state index is 8.83. The Kier molecular flexibility index (Phi) is 16.3. The van der Waals surface area contributed by atoms with Gasteiger partial charge in [0.25, 0.3) is 0 Å². The molecule has 0 fully saturated rings. The summed E-state index contributed by atoms with van der Waals surface area (Å²) >= 11 is 0. The van der Waals surface area contributed by atoms with E-state index in [1.807, 2.05) is 0 Å². The number of nitrogens with zero attached hydrogens (tertiary/aromatic N) is 4. The molecule has 0 spiro atoms. The van der Waals surface area contributed by atoms with Crippen LogP contribution in [0, 0.1) is 10.2 Å². The van der Waals surface area contributed by atoms with E-state index in [9.17, 15) is 0 Å². The normalized spacial score (nSPS) is 21.6. The predicted octanol–water partition coefficient (Wildman–Crippen LogP) is 0.319. The molecule has 0 amide bonds. The molecule has 0 bridgehead atoms. The Labute approximate surface area is 175 Å². The van der Waals surface area contributed by atoms with Crippen LogP contribution in [0.25, 0.3) is 10.6 Å². The quantitative estimate of drug-likeness (QED) is 0.476. The Morgan fingerprint density at radius 3 is 1.37 bits per heavy atom. The van der Waals surface area contributed by atoms with Crippen LogP contribution < -0.4 is 4.66 Å². The van der Waals surface area contributed by atoms with Crippen LogP contribution in [0.3, 0.4) is 0 Å². The molecule has 0 aromatic carbocycles. The molecule has 1 aliphatic heterocycles. The number of rotatable bonds is 0. The minimum atomic E-state index is -4.19. The predicted molar refractivity (Wildman–Crippen MR) is 100 cm³/mol. The van der Waals surface area contributed by atoms with E-state index in [0.717, 1.165) is 39.0 Å². The number of halogens is 1. The first-order valence-corrected chi connectivity index (χ1v) is 9.56. The van der Waals surface area contributed by atoms with Crippen LogP contribution in [0.1, 0.15) is 54.4 Å². The van der Waals surface area contributed by atoms with Crippen molar-refractivity contribution in [3.05, 3.63) is 10.6 Å². The van der Waals surface area contributed by atoms with Gasteiger partial charge in [-0.1, -0.05) is 27.7 Å². The fourth-order valence-corrected chi connectivity index (χ4v) is 2.66. The zero-order valence-electron chi connectivity index (χ0n) is 17.0. The second-order valence-corrected chi connectivity index (χ2v) is 8.28. The first-order chi connectivity index (χ1) is 11.2. The van der Waals surface area contributed by atoms with Crippen molar-refractivity contribution in [3.8, 4) is 0 Å². The van der Waals surface area contributed by atoms with E-state index in [0.29, 0.717) is 0 Å². The van der Waals surface area contributed by atoms with Gasteiger partial charge >= 0.3 is 45.7 Å². The summed E-state index contributed by atoms with van der Waals surface area (Å²) in [6.45, 7) is 16.0. The van der Waals surface area contributed by atoms with Crippen molar-refractivity contribution in [1.82, 2.24) is 0 Å². The number of aliphatic imine (C=N–C) groups is 2. The summed E-state index contributed by atoms with van der Waals surface area (Å²) in [6.07, 6.45) is 1.83. The van der Waals surface area contributed by atoms with Gasteiger partial charge in [0.2, 0.25) is 0 Å². The molecule has 0 aromatic rings. The van der Waals surface area contributed by atoms with Crippen LogP contribution in [0.5, 0.6) is 0 Å². The van der Waals surface area contributed by atoms with Gasteiger partial charge in [0.05, 0.1) is 0 Å². The van der Waals surface area contributed by atoms with Gasteiger partial charge in [0, 0.05) is 24.5 Å². The molecule has 165 valence electrons. The van der Waals surface area contributed by atoms with E-state index in [2.05, 4.69) is 51.5 Å². The summed E-state index contributed by atoms with van der Waals surface area (Å²) in [5.41, 5.74) is 2.25. The van der Waals surface area contributed by atoms with E-state index >= 15 is 0 Å². The Bertz CT molecular complexity index is 426. The average molecular weight is 458 g/mol. The average Bonchev–Trinajstić information content (AvgIpc) is 2.36. The minimum absolute atomic E-state index is 0. The second-order valence-electron chi connectivity index (χ2n) is 7.41. The third-order valence-electron chi connectivity index (χ3n) is 3.42. The Hall–Kier alpha value is -0.144. The van der Waals surface area contributed by atoms with Crippen LogP contribution >= 0.6 is 0 Å². The fourth-order valence-electron chi connectivity index (χ4n) is 2.66. The van der Waals surface area contributed by atoms with Crippen molar-refractivity contribution in [3.63, 3.8) is 0 Å². The molecule has 5 N–H and O–H groups in total. The third kappa shape index (κ3) is 22.0. The van der Waals surface area contributed by atoms with Gasteiger partial charge in [-0.2, -0.15) is 0 Å². The Morgan fingerprint density at radius 1 is 0.852 bits per heavy atom. The van der Waals surface area contributed by atoms with Gasteiger partial charge < -0.3 is 16.1 Å². The van der Waals surface area contributed by atoms with Gasteiger partial charge in [-0.15, -0.1) is 24.2 Å². The molecule has 0 atom stereocenters. The zero-order valence-corrected chi connectivity index (χ0v) is 18.8. The van der Waals surface area contributed by atoms with E-state index in [1.54, 1.807) is 0 Å². The molecule has 0 unspecified atom stereocenters. The molecule has 0 aromatic heterocycles. The van der Waals surface area contributed by atoms with E-state index in [1.165, 1.54) is 11.4 Å². The van der Waals surface area contributed by atoms with Crippen LogP contribution in [-0.2, 0) is 16.8 Å². The van der Waals surface area contributed by atoms with Crippen molar-refractivity contribution in [1.29, 1.82) is 0 Å². The first-order valence-electron chi connectivity index (χ1n) is 8.23. The summed E-state index contributed by atoms with van der Waals surface area (Å²) in [5, 5.41) is 9.51. The molecule has 0 aliphatic carbocycles. The second kappa shape index (κ2) is 13.9. The zero-order chi connectivity index (χ0) is 19.7. The molecule has 1 aliphatic rings. The van der Waals surface area contributed by atoms with Crippen molar-refractivity contribution >= 4 is 11.4 Å². The summed E-state index contributed by atoms with van der Waals surface area (Å²) < 4.78 is 30.2. The Morgan fingerprint density at radius 2 is 1.11 bits per heavy atom. The molecule has 1 heterocycles. The van der Waals surface area contributed by atoms with Gasteiger partial charge in [-0.25, -0.2) is 0 Å². The van der Waals surface area contributed by atoms with Crippen LogP contribution in [0.15, 0.2) is 9.98 Å². The van der Waals surface area contributed by atoms with Crippen LogP contribution in [-0.4, -0.2) is 68.1 Å². The molecule has 11 heteroatoms. The molecular formula is C16H35ClCoN4O5. The number of hydrogen-bond acceptors (Lipinski definition) is 6. The van der Waals surface area contributed by atoms with Crippen molar-refractivity contribution in [2.45, 2.75) is 65.5 Å². The fraction of sp³-hybridized carbons (Fsp3) is 0.875. The molecule has 1 rings (SSSR count). The maximum absolute atomic E-state index is 8.83. The summed E-state index contributed by atoms with van der Waals surface area (Å²) in [6, 6.07) is 0. The molecule has 0 saturated heterocycles. The van der Waals surface area contributed by atoms with Gasteiger partial charge in [-0.05, 0) is 26.7 Å². The summed E-state index contributed by atoms with van der Waals surface area (Å²) in [5.74, 6) is 0. The molecule has 1 radical (unpaired) electrons. The van der Waals surface area contributed by atoms with E-state index in [4.69, 9.17) is 29.3 Å². The molecular weight excluding hydrogens is 423 g/mol. The van der Waals surface area contributed by atoms with Gasteiger partial charge in [0.1, 0.15) is 0 Å². The van der Waals surface area contributed by atoms with Crippen LogP contribution in [0.2, 0.25) is 0 Å². The van der Waals surface area contributed by atoms with Crippen LogP contribution in [0.4, 0.5) is 0 Å². The summed E-state index contributed by atoms with van der Waals surface area (Å²) in [7, 11) is -4.19. The summed E-state index contributed by atoms with van der Waals surface area (Å²) in [4.78, 5) is 9.25. The van der Waals surface area contributed by atoms with Gasteiger partial charge in [-0.3, -0.25) is 9.98 Å². The monoisotopic (exact) mass is 457 g/mol. The number of hydrogen-bond donors (Lipinski definition) is 3. The van der Waals surface area contributed by atoms with Gasteiger partial charge in [0.15, 0.2) is 0 Å². The third-order valence-corrected chi connectivity index (χ3v) is 3.42. The SMILES string of the molecule is CC1=NCC[N-]C(C)(C)CC(C)=NCC[N-]C(C)(C)C1.O.[Co+2].[O-][Cl+](O)(O)O. The first kappa shape index (κ1) is 31.5. The molecule has 27 heavy (non-hydrogen) atoms. The topological polar surface area (TPSA) is 168 Å². The van der Waals surface area contributed by atoms with Crippen molar-refractivity contribution in [2.24, 2.45) is 9.98 Å². The van der Waals surface area contributed by atoms with E-state index in [-0.39, 0.29) is 33.3 Å². The standard InChI is InChI=1S/C16H30N4.ClH3O4.Co.H2O/c1-13-11-15(3,4)19-10-8-18-14(2)12-16(5,6)20-9-7-17-13;2-1(3,4)5;;/h7-12H2,1-6H3;2-4H;;1H2/q-2;;+2;. The van der Waals surface area contributed by atoms with Crippen molar-refractivity contribution in [2.75, 3.05) is 26.2 Å². The van der Waals surface area contributed by atoms with E-state index < -0.39 is 10.2 Å². The Balaban J connectivity index is -0.000000729. The molecule has 0 saturated carbocycles. The molecule has 9 nitrogen and oxygen atoms in total. The van der Waals surface area contributed by atoms with Crippen molar-refractivity contribution < 1.29 is 51.1 Å².